The van der Waals surface area contributed by atoms with Crippen molar-refractivity contribution in [1.82, 2.24) is 9.97 Å². The fraction of sp³-hybridized carbons (Fsp3) is 0.190. The number of aromatic nitrogens is 2. The van der Waals surface area contributed by atoms with Crippen molar-refractivity contribution in [3.63, 3.8) is 0 Å². The Bertz CT molecular complexity index is 1200. The number of nitrogens with zero attached hydrogens (tertiary/aromatic N) is 2. The first-order valence-electron chi connectivity index (χ1n) is 9.07. The molecule has 0 saturated carbocycles. The van der Waals surface area contributed by atoms with Gasteiger partial charge in [-0.3, -0.25) is 10.1 Å². The van der Waals surface area contributed by atoms with E-state index < -0.39 is 0 Å². The molecule has 3 N–H and O–H groups in total. The molecule has 0 aliphatic heterocycles. The van der Waals surface area contributed by atoms with Crippen LogP contribution < -0.4 is 15.8 Å². The summed E-state index contributed by atoms with van der Waals surface area (Å²) in [5.74, 6) is 0.762. The molecule has 0 fully saturated rings. The third-order valence-corrected chi connectivity index (χ3v) is 6.39. The predicted molar refractivity (Wildman–Crippen MR) is 120 cm³/mol. The molecule has 0 saturated heterocycles. The van der Waals surface area contributed by atoms with Crippen LogP contribution in [0.15, 0.2) is 41.8 Å². The zero-order valence-corrected chi connectivity index (χ0v) is 17.9. The Morgan fingerprint density at radius 2 is 1.97 bits per heavy atom. The Morgan fingerprint density at radius 1 is 1.17 bits per heavy atom. The number of nitrogen functional groups attached to an aromatic ring is 1. The molecule has 0 spiro atoms. The number of ether oxygens (including phenoxy) is 1. The summed E-state index contributed by atoms with van der Waals surface area (Å²) < 4.78 is 5.39. The first-order valence-corrected chi connectivity index (χ1v) is 10.8. The van der Waals surface area contributed by atoms with Gasteiger partial charge in [0.25, 0.3) is 5.91 Å². The summed E-state index contributed by atoms with van der Waals surface area (Å²) in [7, 11) is 1.62. The van der Waals surface area contributed by atoms with Crippen LogP contribution >= 0.6 is 22.7 Å². The second-order valence-corrected chi connectivity index (χ2v) is 8.64. The number of nitrogens with one attached hydrogen (secondary N) is 1. The average Bonchev–Trinajstić information content (AvgIpc) is 3.32. The van der Waals surface area contributed by atoms with Crippen molar-refractivity contribution < 1.29 is 9.53 Å². The SMILES string of the molecule is COc1ccccc1-c1csc(NC(=O)c2sc3nc(C(C)C)ccc3c2N)n1. The lowest BCUT2D eigenvalue weighted by molar-refractivity contribution is 0.103. The van der Waals surface area contributed by atoms with Crippen molar-refractivity contribution in [3.05, 3.63) is 52.3 Å². The Balaban J connectivity index is 1.60. The zero-order valence-electron chi connectivity index (χ0n) is 16.2. The van der Waals surface area contributed by atoms with E-state index in [-0.39, 0.29) is 5.91 Å². The van der Waals surface area contributed by atoms with Gasteiger partial charge in [0.05, 0.1) is 18.5 Å². The summed E-state index contributed by atoms with van der Waals surface area (Å²) in [4.78, 5) is 23.2. The van der Waals surface area contributed by atoms with Crippen molar-refractivity contribution in [2.24, 2.45) is 0 Å². The third-order valence-electron chi connectivity index (χ3n) is 4.52. The number of thiophene rings is 1. The number of nitrogens with two attached hydrogens (primary N) is 1. The lowest BCUT2D eigenvalue weighted by Crippen LogP contribution is -2.11. The number of amides is 1. The molecule has 0 aliphatic rings. The van der Waals surface area contributed by atoms with Crippen LogP contribution in [0.1, 0.15) is 35.1 Å². The molecular formula is C21H20N4O2S2. The van der Waals surface area contributed by atoms with Gasteiger partial charge in [-0.2, -0.15) is 0 Å². The monoisotopic (exact) mass is 424 g/mol. The highest BCUT2D eigenvalue weighted by molar-refractivity contribution is 7.21. The molecule has 4 aromatic rings. The Morgan fingerprint density at radius 3 is 2.72 bits per heavy atom. The highest BCUT2D eigenvalue weighted by Gasteiger charge is 2.19. The van der Waals surface area contributed by atoms with Gasteiger partial charge in [0.15, 0.2) is 5.13 Å². The van der Waals surface area contributed by atoms with Gasteiger partial charge < -0.3 is 10.5 Å². The summed E-state index contributed by atoms with van der Waals surface area (Å²) in [6.45, 7) is 4.17. The van der Waals surface area contributed by atoms with E-state index >= 15 is 0 Å². The molecule has 0 unspecified atom stereocenters. The van der Waals surface area contributed by atoms with E-state index in [1.807, 2.05) is 41.8 Å². The van der Waals surface area contributed by atoms with E-state index in [2.05, 4.69) is 29.1 Å². The first-order chi connectivity index (χ1) is 14.0. The summed E-state index contributed by atoms with van der Waals surface area (Å²) in [6, 6.07) is 11.5. The fourth-order valence-electron chi connectivity index (χ4n) is 2.97. The fourth-order valence-corrected chi connectivity index (χ4v) is 4.67. The number of carbonyl (C=O) groups is 1. The quantitative estimate of drug-likeness (QED) is 0.448. The van der Waals surface area contributed by atoms with Crippen LogP contribution in [0.25, 0.3) is 21.5 Å². The molecule has 1 aromatic carbocycles. The molecular weight excluding hydrogens is 404 g/mol. The van der Waals surface area contributed by atoms with Crippen LogP contribution in [-0.2, 0) is 0 Å². The molecule has 8 heteroatoms. The predicted octanol–water partition coefficient (Wildman–Crippen LogP) is 5.39. The van der Waals surface area contributed by atoms with Gasteiger partial charge in [0, 0.05) is 22.0 Å². The Kier molecular flexibility index (Phi) is 5.21. The number of methoxy groups -OCH3 is 1. The smallest absolute Gasteiger partial charge is 0.269 e. The highest BCUT2D eigenvalue weighted by atomic mass is 32.1. The van der Waals surface area contributed by atoms with E-state index in [4.69, 9.17) is 10.5 Å². The zero-order chi connectivity index (χ0) is 20.5. The van der Waals surface area contributed by atoms with Crippen LogP contribution in [0, 0.1) is 0 Å². The van der Waals surface area contributed by atoms with Crippen molar-refractivity contribution in [3.8, 4) is 17.0 Å². The minimum absolute atomic E-state index is 0.280. The van der Waals surface area contributed by atoms with Crippen LogP contribution in [-0.4, -0.2) is 23.0 Å². The van der Waals surface area contributed by atoms with Gasteiger partial charge in [0.1, 0.15) is 15.5 Å². The number of fused-ring (bicyclic) bond motifs is 1. The number of hydrogen-bond donors (Lipinski definition) is 2. The largest absolute Gasteiger partial charge is 0.496 e. The molecule has 29 heavy (non-hydrogen) atoms. The summed E-state index contributed by atoms with van der Waals surface area (Å²) in [5.41, 5.74) is 9.28. The van der Waals surface area contributed by atoms with Crippen LogP contribution in [0.2, 0.25) is 0 Å². The van der Waals surface area contributed by atoms with Crippen LogP contribution in [0.5, 0.6) is 5.75 Å². The van der Waals surface area contributed by atoms with Crippen molar-refractivity contribution >= 4 is 49.6 Å². The van der Waals surface area contributed by atoms with Crippen molar-refractivity contribution in [2.45, 2.75) is 19.8 Å². The van der Waals surface area contributed by atoms with Crippen LogP contribution in [0.3, 0.4) is 0 Å². The Hall–Kier alpha value is -2.97. The number of hydrogen-bond acceptors (Lipinski definition) is 7. The van der Waals surface area contributed by atoms with Gasteiger partial charge >= 0.3 is 0 Å². The molecule has 0 radical (unpaired) electrons. The molecule has 3 heterocycles. The lowest BCUT2D eigenvalue weighted by atomic mass is 10.1. The maximum atomic E-state index is 12.8. The molecule has 0 bridgehead atoms. The van der Waals surface area contributed by atoms with Gasteiger partial charge in [-0.15, -0.1) is 22.7 Å². The maximum Gasteiger partial charge on any atom is 0.269 e. The molecule has 0 aliphatic carbocycles. The molecule has 0 atom stereocenters. The Labute approximate surface area is 176 Å². The molecule has 3 aromatic heterocycles. The van der Waals surface area contributed by atoms with E-state index in [1.54, 1.807) is 7.11 Å². The van der Waals surface area contributed by atoms with E-state index in [0.29, 0.717) is 21.6 Å². The number of pyridine rings is 1. The van der Waals surface area contributed by atoms with Crippen molar-refractivity contribution in [1.29, 1.82) is 0 Å². The summed E-state index contributed by atoms with van der Waals surface area (Å²) in [6.07, 6.45) is 0. The number of benzene rings is 1. The van der Waals surface area contributed by atoms with Crippen molar-refractivity contribution in [2.75, 3.05) is 18.2 Å². The van der Waals surface area contributed by atoms with Gasteiger partial charge in [0.2, 0.25) is 0 Å². The minimum Gasteiger partial charge on any atom is -0.496 e. The van der Waals surface area contributed by atoms with E-state index in [9.17, 15) is 4.79 Å². The van der Waals surface area contributed by atoms with Gasteiger partial charge in [-0.1, -0.05) is 26.0 Å². The standard InChI is InChI=1S/C21H20N4O2S2/c1-11(2)14-9-8-13-17(22)18(29-20(13)23-14)19(26)25-21-24-15(10-28-21)12-6-4-5-7-16(12)27-3/h4-11H,22H2,1-3H3,(H,24,25,26). The van der Waals surface area contributed by atoms with E-state index in [0.717, 1.165) is 32.9 Å². The number of para-hydroxylation sites is 1. The first kappa shape index (κ1) is 19.4. The van der Waals surface area contributed by atoms with Crippen LogP contribution in [0.4, 0.5) is 10.8 Å². The molecule has 4 rings (SSSR count). The average molecular weight is 425 g/mol. The lowest BCUT2D eigenvalue weighted by Gasteiger charge is -2.05. The van der Waals surface area contributed by atoms with Gasteiger partial charge in [-0.25, -0.2) is 9.97 Å². The maximum absolute atomic E-state index is 12.8. The number of thiazole rings is 1. The normalized spacial score (nSPS) is 11.2. The third kappa shape index (κ3) is 3.68. The summed E-state index contributed by atoms with van der Waals surface area (Å²) >= 11 is 2.66. The second-order valence-electron chi connectivity index (χ2n) is 6.78. The summed E-state index contributed by atoms with van der Waals surface area (Å²) in [5, 5.41) is 6.05. The minimum atomic E-state index is -0.280. The second kappa shape index (κ2) is 7.81. The van der Waals surface area contributed by atoms with Gasteiger partial charge in [-0.05, 0) is 30.2 Å². The molecule has 1 amide bonds. The topological polar surface area (TPSA) is 90.1 Å². The molecule has 148 valence electrons. The van der Waals surface area contributed by atoms with E-state index in [1.165, 1.54) is 22.7 Å². The number of carbonyl (C=O) groups excluding carboxylic acids is 1. The molecule has 6 nitrogen and oxygen atoms in total. The number of rotatable bonds is 5. The number of anilines is 2. The highest BCUT2D eigenvalue weighted by Crippen LogP contribution is 2.35.